The molecule has 3 aliphatic carbocycles. The average Bonchev–Trinajstić information content (AvgIpc) is 3.04. The van der Waals surface area contributed by atoms with Crippen LogP contribution in [-0.2, 0) is 6.42 Å². The van der Waals surface area contributed by atoms with Crippen molar-refractivity contribution >= 4 is 0 Å². The summed E-state index contributed by atoms with van der Waals surface area (Å²) in [4.78, 5) is 0. The van der Waals surface area contributed by atoms with Crippen LogP contribution in [0.1, 0.15) is 56.1 Å². The molecule has 2 aromatic carbocycles. The Morgan fingerprint density at radius 2 is 1.77 bits per heavy atom. The average molecular weight is 409 g/mol. The van der Waals surface area contributed by atoms with E-state index in [1.165, 1.54) is 17.5 Å². The van der Waals surface area contributed by atoms with Gasteiger partial charge in [0.25, 0.3) is 0 Å². The fourth-order valence-electron chi connectivity index (χ4n) is 6.78. The molecule has 2 saturated carbocycles. The van der Waals surface area contributed by atoms with Crippen LogP contribution in [0.3, 0.4) is 0 Å². The zero-order chi connectivity index (χ0) is 20.9. The predicted octanol–water partition coefficient (Wildman–Crippen LogP) is 5.07. The van der Waals surface area contributed by atoms with E-state index in [2.05, 4.69) is 25.1 Å². The Morgan fingerprint density at radius 1 is 1.00 bits per heavy atom. The summed E-state index contributed by atoms with van der Waals surface area (Å²) < 4.78 is 11.4. The lowest BCUT2D eigenvalue weighted by Gasteiger charge is -2.53. The van der Waals surface area contributed by atoms with Crippen LogP contribution in [0.2, 0.25) is 0 Å². The first kappa shape index (κ1) is 19.7. The quantitative estimate of drug-likeness (QED) is 0.742. The van der Waals surface area contributed by atoms with Crippen molar-refractivity contribution < 1.29 is 19.7 Å². The third-order valence-corrected chi connectivity index (χ3v) is 8.57. The Hall–Kier alpha value is -2.20. The maximum Gasteiger partial charge on any atom is 0.119 e. The highest BCUT2D eigenvalue weighted by Crippen LogP contribution is 2.64. The van der Waals surface area contributed by atoms with Gasteiger partial charge in [0.05, 0.1) is 7.11 Å². The van der Waals surface area contributed by atoms with Crippen LogP contribution in [0.4, 0.5) is 0 Å². The van der Waals surface area contributed by atoms with Gasteiger partial charge in [-0.1, -0.05) is 13.0 Å². The summed E-state index contributed by atoms with van der Waals surface area (Å²) in [7, 11) is 1.74. The van der Waals surface area contributed by atoms with Crippen molar-refractivity contribution in [3.63, 3.8) is 0 Å². The van der Waals surface area contributed by atoms with Crippen molar-refractivity contribution in [3.8, 4) is 17.2 Å². The van der Waals surface area contributed by atoms with Crippen LogP contribution in [0.15, 0.2) is 42.5 Å². The molecule has 30 heavy (non-hydrogen) atoms. The van der Waals surface area contributed by atoms with Crippen LogP contribution in [0.5, 0.6) is 17.2 Å². The Morgan fingerprint density at radius 3 is 2.53 bits per heavy atom. The van der Waals surface area contributed by atoms with E-state index < -0.39 is 5.60 Å². The fourth-order valence-corrected chi connectivity index (χ4v) is 6.78. The van der Waals surface area contributed by atoms with Crippen LogP contribution < -0.4 is 9.47 Å². The molecular weight excluding hydrogens is 376 g/mol. The number of aromatic hydroxyl groups is 1. The monoisotopic (exact) mass is 408 g/mol. The molecule has 4 nitrogen and oxygen atoms in total. The molecule has 0 radical (unpaired) electrons. The molecule has 0 bridgehead atoms. The lowest BCUT2D eigenvalue weighted by atomic mass is 9.53. The van der Waals surface area contributed by atoms with Gasteiger partial charge in [0.2, 0.25) is 0 Å². The van der Waals surface area contributed by atoms with Crippen LogP contribution in [-0.4, -0.2) is 29.5 Å². The number of hydrogen-bond donors (Lipinski definition) is 2. The molecule has 2 aromatic rings. The van der Waals surface area contributed by atoms with E-state index in [0.717, 1.165) is 37.9 Å². The van der Waals surface area contributed by atoms with Crippen LogP contribution in [0.25, 0.3) is 0 Å². The third kappa shape index (κ3) is 2.99. The molecule has 3 aliphatic rings. The van der Waals surface area contributed by atoms with Gasteiger partial charge in [-0.05, 0) is 104 Å². The summed E-state index contributed by atoms with van der Waals surface area (Å²) in [5.74, 6) is 3.63. The molecule has 0 spiro atoms. The number of phenols is 1. The number of rotatable bonds is 4. The van der Waals surface area contributed by atoms with E-state index in [1.807, 2.05) is 0 Å². The van der Waals surface area contributed by atoms with Gasteiger partial charge in [0.15, 0.2) is 0 Å². The molecule has 5 atom stereocenters. The van der Waals surface area contributed by atoms with Crippen molar-refractivity contribution in [1.82, 2.24) is 0 Å². The maximum atomic E-state index is 11.7. The molecule has 160 valence electrons. The summed E-state index contributed by atoms with van der Waals surface area (Å²) in [6.07, 6.45) is 6.31. The number of aliphatic hydroxyl groups is 1. The van der Waals surface area contributed by atoms with Gasteiger partial charge in [0.1, 0.15) is 29.5 Å². The highest BCUT2D eigenvalue weighted by atomic mass is 16.5. The molecule has 0 amide bonds. The topological polar surface area (TPSA) is 58.9 Å². The molecule has 0 aromatic heterocycles. The van der Waals surface area contributed by atoms with Gasteiger partial charge in [0, 0.05) is 5.41 Å². The van der Waals surface area contributed by atoms with Crippen molar-refractivity contribution in [3.05, 3.63) is 53.6 Å². The van der Waals surface area contributed by atoms with E-state index in [4.69, 9.17) is 9.47 Å². The highest BCUT2D eigenvalue weighted by molar-refractivity contribution is 5.41. The first-order valence-electron chi connectivity index (χ1n) is 11.2. The normalized spacial score (nSPS) is 34.6. The van der Waals surface area contributed by atoms with E-state index in [9.17, 15) is 10.2 Å². The highest BCUT2D eigenvalue weighted by Gasteiger charge is 2.61. The minimum absolute atomic E-state index is 0.116. The summed E-state index contributed by atoms with van der Waals surface area (Å²) in [5, 5.41) is 21.2. The van der Waals surface area contributed by atoms with Gasteiger partial charge in [-0.15, -0.1) is 0 Å². The van der Waals surface area contributed by atoms with Crippen molar-refractivity contribution in [2.45, 2.75) is 57.0 Å². The summed E-state index contributed by atoms with van der Waals surface area (Å²) in [6, 6.07) is 13.4. The standard InChI is InChI=1S/C26H32O4/c1-25-13-11-22-21-10-8-20(29-2)15-17(21)3-9-23(22)24(25)12-14-26(25,28)16-30-19-6-4-18(27)5-7-19/h4-8,10,15,22-24,27-28H,3,9,11-14,16H2,1-2H3/t22-,23-,24+,25+,26-/m1/s1. The molecule has 2 fully saturated rings. The van der Waals surface area contributed by atoms with Crippen molar-refractivity contribution in [2.75, 3.05) is 13.7 Å². The number of hydrogen-bond acceptors (Lipinski definition) is 4. The molecule has 4 heteroatoms. The van der Waals surface area contributed by atoms with Gasteiger partial charge in [-0.2, -0.15) is 0 Å². The lowest BCUT2D eigenvalue weighted by Crippen LogP contribution is -2.53. The fraction of sp³-hybridized carbons (Fsp3) is 0.538. The van der Waals surface area contributed by atoms with Gasteiger partial charge < -0.3 is 19.7 Å². The maximum absolute atomic E-state index is 11.7. The van der Waals surface area contributed by atoms with Gasteiger partial charge in [-0.25, -0.2) is 0 Å². The largest absolute Gasteiger partial charge is 0.508 e. The van der Waals surface area contributed by atoms with Crippen LogP contribution >= 0.6 is 0 Å². The number of aryl methyl sites for hydroxylation is 1. The molecule has 0 heterocycles. The lowest BCUT2D eigenvalue weighted by molar-refractivity contribution is -0.122. The Labute approximate surface area is 178 Å². The summed E-state index contributed by atoms with van der Waals surface area (Å²) in [6.45, 7) is 2.61. The second-order valence-corrected chi connectivity index (χ2v) is 9.79. The minimum atomic E-state index is -0.805. The number of benzene rings is 2. The first-order chi connectivity index (χ1) is 14.4. The number of phenolic OH excluding ortho intramolecular Hbond substituents is 1. The van der Waals surface area contributed by atoms with Gasteiger partial charge >= 0.3 is 0 Å². The second kappa shape index (κ2) is 7.19. The van der Waals surface area contributed by atoms with Crippen molar-refractivity contribution in [2.24, 2.45) is 17.3 Å². The Kier molecular flexibility index (Phi) is 4.73. The summed E-state index contributed by atoms with van der Waals surface area (Å²) >= 11 is 0. The first-order valence-corrected chi connectivity index (χ1v) is 11.2. The molecule has 5 rings (SSSR count). The number of ether oxygens (including phenoxy) is 2. The van der Waals surface area contributed by atoms with Crippen molar-refractivity contribution in [1.29, 1.82) is 0 Å². The molecular formula is C26H32O4. The third-order valence-electron chi connectivity index (χ3n) is 8.57. The van der Waals surface area contributed by atoms with E-state index in [-0.39, 0.29) is 11.2 Å². The minimum Gasteiger partial charge on any atom is -0.508 e. The van der Waals surface area contributed by atoms with E-state index in [0.29, 0.717) is 30.1 Å². The SMILES string of the molecule is COc1ccc2c(c1)CC[C@@H]1[C@@H]2CC[C@@]2(C)[C@H]1CC[C@@]2(O)COc1ccc(O)cc1. The second-order valence-electron chi connectivity index (χ2n) is 9.79. The summed E-state index contributed by atoms with van der Waals surface area (Å²) in [5.41, 5.74) is 2.03. The number of fused-ring (bicyclic) bond motifs is 5. The predicted molar refractivity (Wildman–Crippen MR) is 116 cm³/mol. The molecule has 0 aliphatic heterocycles. The molecule has 0 saturated heterocycles. The zero-order valence-corrected chi connectivity index (χ0v) is 17.9. The number of methoxy groups -OCH3 is 1. The van der Waals surface area contributed by atoms with E-state index in [1.54, 1.807) is 31.4 Å². The molecule has 2 N–H and O–H groups in total. The van der Waals surface area contributed by atoms with E-state index >= 15 is 0 Å². The Bertz CT molecular complexity index is 923. The zero-order valence-electron chi connectivity index (χ0n) is 17.9. The van der Waals surface area contributed by atoms with Crippen LogP contribution in [0, 0.1) is 17.3 Å². The van der Waals surface area contributed by atoms with Gasteiger partial charge in [-0.3, -0.25) is 0 Å². The smallest absolute Gasteiger partial charge is 0.119 e. The molecule has 0 unspecified atom stereocenters. The Balaban J connectivity index is 1.36.